The maximum absolute atomic E-state index is 12.9. The normalized spacial score (nSPS) is 27.2. The number of ether oxygens (including phenoxy) is 1. The largest absolute Gasteiger partial charge is 0.373 e. The predicted octanol–water partition coefficient (Wildman–Crippen LogP) is 1.97. The first kappa shape index (κ1) is 15.4. The number of morpholine rings is 1. The van der Waals surface area contributed by atoms with Gasteiger partial charge in [-0.25, -0.2) is 4.39 Å². The molecule has 5 heteroatoms. The van der Waals surface area contributed by atoms with Crippen molar-refractivity contribution in [2.45, 2.75) is 39.0 Å². The number of nitrogens with two attached hydrogens (primary N) is 1. The third-order valence-corrected chi connectivity index (χ3v) is 3.75. The van der Waals surface area contributed by atoms with E-state index in [1.807, 2.05) is 0 Å². The fourth-order valence-electron chi connectivity index (χ4n) is 2.83. The molecule has 0 amide bonds. The molecule has 20 heavy (non-hydrogen) atoms. The van der Waals surface area contributed by atoms with E-state index < -0.39 is 0 Å². The van der Waals surface area contributed by atoms with Gasteiger partial charge in [0.05, 0.1) is 30.1 Å². The van der Waals surface area contributed by atoms with Gasteiger partial charge in [-0.2, -0.15) is 0 Å². The van der Waals surface area contributed by atoms with Gasteiger partial charge in [-0.3, -0.25) is 9.88 Å². The van der Waals surface area contributed by atoms with E-state index in [2.05, 4.69) is 30.7 Å². The Balaban J connectivity index is 1.93. The number of nitrogens with zero attached hydrogens (tertiary/aromatic N) is 2. The summed E-state index contributed by atoms with van der Waals surface area (Å²) in [6.07, 6.45) is 1.73. The maximum Gasteiger partial charge on any atom is 0.141 e. The van der Waals surface area contributed by atoms with E-state index in [-0.39, 0.29) is 30.0 Å². The van der Waals surface area contributed by atoms with Gasteiger partial charge in [0, 0.05) is 19.6 Å². The number of hydrogen-bond acceptors (Lipinski definition) is 4. The van der Waals surface area contributed by atoms with Crippen LogP contribution < -0.4 is 5.73 Å². The minimum atomic E-state index is -0.329. The average Bonchev–Trinajstić information content (AvgIpc) is 2.37. The molecule has 1 aliphatic rings. The number of hydrogen-bond donors (Lipinski definition) is 1. The zero-order chi connectivity index (χ0) is 14.7. The van der Waals surface area contributed by atoms with Crippen molar-refractivity contribution in [2.75, 3.05) is 19.6 Å². The summed E-state index contributed by atoms with van der Waals surface area (Å²) >= 11 is 0. The molecule has 0 bridgehead atoms. The Labute approximate surface area is 120 Å². The minimum absolute atomic E-state index is 0.177. The first-order valence-corrected chi connectivity index (χ1v) is 7.20. The van der Waals surface area contributed by atoms with Crippen molar-refractivity contribution in [3.63, 3.8) is 0 Å². The molecule has 2 N–H and O–H groups in total. The second-order valence-corrected chi connectivity index (χ2v) is 5.88. The van der Waals surface area contributed by atoms with E-state index in [4.69, 9.17) is 10.5 Å². The van der Waals surface area contributed by atoms with Gasteiger partial charge in [0.2, 0.25) is 0 Å². The molecule has 2 rings (SSSR count). The summed E-state index contributed by atoms with van der Waals surface area (Å²) in [6, 6.07) is 2.90. The fraction of sp³-hybridized carbons (Fsp3) is 0.667. The van der Waals surface area contributed by atoms with Crippen molar-refractivity contribution in [1.29, 1.82) is 0 Å². The van der Waals surface area contributed by atoms with Crippen LogP contribution in [0.3, 0.4) is 0 Å². The van der Waals surface area contributed by atoms with Crippen LogP contribution in [0.25, 0.3) is 0 Å². The second-order valence-electron chi connectivity index (χ2n) is 5.88. The van der Waals surface area contributed by atoms with Crippen molar-refractivity contribution < 1.29 is 9.13 Å². The zero-order valence-electron chi connectivity index (χ0n) is 12.4. The van der Waals surface area contributed by atoms with Gasteiger partial charge in [0.15, 0.2) is 0 Å². The van der Waals surface area contributed by atoms with Gasteiger partial charge >= 0.3 is 0 Å². The zero-order valence-corrected chi connectivity index (χ0v) is 12.4. The molecular weight excluding hydrogens is 257 g/mol. The van der Waals surface area contributed by atoms with Gasteiger partial charge in [-0.05, 0) is 31.9 Å². The van der Waals surface area contributed by atoms with Gasteiger partial charge in [0.25, 0.3) is 0 Å². The highest BCUT2D eigenvalue weighted by molar-refractivity contribution is 5.10. The molecule has 1 aromatic rings. The van der Waals surface area contributed by atoms with Crippen LogP contribution in [0.15, 0.2) is 18.3 Å². The molecule has 4 nitrogen and oxygen atoms in total. The highest BCUT2D eigenvalue weighted by atomic mass is 19.1. The highest BCUT2D eigenvalue weighted by Crippen LogP contribution is 2.20. The number of halogens is 1. The molecule has 4 atom stereocenters. The molecule has 112 valence electrons. The summed E-state index contributed by atoms with van der Waals surface area (Å²) in [6.45, 7) is 9.05. The van der Waals surface area contributed by atoms with Crippen molar-refractivity contribution in [1.82, 2.24) is 9.88 Å². The topological polar surface area (TPSA) is 51.4 Å². The van der Waals surface area contributed by atoms with E-state index in [1.54, 1.807) is 6.07 Å². The summed E-state index contributed by atoms with van der Waals surface area (Å²) in [7, 11) is 0. The predicted molar refractivity (Wildman–Crippen MR) is 76.7 cm³/mol. The molecule has 2 heterocycles. The first-order valence-electron chi connectivity index (χ1n) is 7.20. The van der Waals surface area contributed by atoms with Crippen LogP contribution in [-0.2, 0) is 4.74 Å². The maximum atomic E-state index is 12.9. The Hall–Kier alpha value is -1.04. The first-order chi connectivity index (χ1) is 9.45. The molecule has 1 saturated heterocycles. The molecule has 0 saturated carbocycles. The smallest absolute Gasteiger partial charge is 0.141 e. The minimum Gasteiger partial charge on any atom is -0.373 e. The van der Waals surface area contributed by atoms with E-state index in [0.717, 1.165) is 25.3 Å². The Morgan fingerprint density at radius 3 is 2.60 bits per heavy atom. The lowest BCUT2D eigenvalue weighted by atomic mass is 9.98. The third kappa shape index (κ3) is 3.98. The lowest BCUT2D eigenvalue weighted by Gasteiger charge is -2.37. The van der Waals surface area contributed by atoms with Gasteiger partial charge < -0.3 is 10.5 Å². The van der Waals surface area contributed by atoms with Crippen molar-refractivity contribution in [2.24, 2.45) is 11.7 Å². The molecular formula is C15H24FN3O. The van der Waals surface area contributed by atoms with Gasteiger partial charge in [0.1, 0.15) is 5.82 Å². The summed E-state index contributed by atoms with van der Waals surface area (Å²) in [5.74, 6) is -0.0742. The van der Waals surface area contributed by atoms with E-state index >= 15 is 0 Å². The van der Waals surface area contributed by atoms with Crippen LogP contribution in [0.2, 0.25) is 0 Å². The van der Waals surface area contributed by atoms with Crippen molar-refractivity contribution >= 4 is 0 Å². The van der Waals surface area contributed by atoms with Gasteiger partial charge in [-0.15, -0.1) is 0 Å². The Morgan fingerprint density at radius 1 is 1.40 bits per heavy atom. The van der Waals surface area contributed by atoms with Crippen LogP contribution >= 0.6 is 0 Å². The van der Waals surface area contributed by atoms with Crippen LogP contribution in [-0.4, -0.2) is 41.7 Å². The lowest BCUT2D eigenvalue weighted by molar-refractivity contribution is -0.0716. The quantitative estimate of drug-likeness (QED) is 0.916. The summed E-state index contributed by atoms with van der Waals surface area (Å²) in [5, 5.41) is 0. The molecule has 0 radical (unpaired) electrons. The van der Waals surface area contributed by atoms with Crippen LogP contribution in [0, 0.1) is 11.7 Å². The molecule has 1 aliphatic heterocycles. The number of rotatable bonds is 4. The fourth-order valence-corrected chi connectivity index (χ4v) is 2.83. The Morgan fingerprint density at radius 2 is 2.05 bits per heavy atom. The van der Waals surface area contributed by atoms with Crippen LogP contribution in [0.1, 0.15) is 32.5 Å². The van der Waals surface area contributed by atoms with Crippen molar-refractivity contribution in [3.8, 4) is 0 Å². The monoisotopic (exact) mass is 281 g/mol. The van der Waals surface area contributed by atoms with Crippen LogP contribution in [0.4, 0.5) is 4.39 Å². The second kappa shape index (κ2) is 6.61. The molecule has 0 aliphatic carbocycles. The lowest BCUT2D eigenvalue weighted by Crippen LogP contribution is -2.47. The number of aromatic nitrogens is 1. The van der Waals surface area contributed by atoms with E-state index in [1.165, 1.54) is 12.3 Å². The van der Waals surface area contributed by atoms with Gasteiger partial charge in [-0.1, -0.05) is 6.92 Å². The van der Waals surface area contributed by atoms with Crippen LogP contribution in [0.5, 0.6) is 0 Å². The standard InChI is InChI=1S/C15H24FN3O/c1-10(7-19-8-11(2)20-12(3)9-19)15(17)14-5-4-13(16)6-18-14/h4-6,10-12,15H,7-9,17H2,1-3H3. The Kier molecular flexibility index (Phi) is 5.07. The third-order valence-electron chi connectivity index (χ3n) is 3.75. The molecule has 1 aromatic heterocycles. The highest BCUT2D eigenvalue weighted by Gasteiger charge is 2.25. The van der Waals surface area contributed by atoms with Crippen molar-refractivity contribution in [3.05, 3.63) is 29.8 Å². The summed E-state index contributed by atoms with van der Waals surface area (Å²) in [5.41, 5.74) is 6.98. The molecule has 1 fully saturated rings. The average molecular weight is 281 g/mol. The SMILES string of the molecule is CC1CN(CC(C)C(N)c2ccc(F)cn2)CC(C)O1. The summed E-state index contributed by atoms with van der Waals surface area (Å²) < 4.78 is 18.6. The Bertz CT molecular complexity index is 416. The summed E-state index contributed by atoms with van der Waals surface area (Å²) in [4.78, 5) is 6.46. The molecule has 4 unspecified atom stereocenters. The van der Waals surface area contributed by atoms with E-state index in [0.29, 0.717) is 0 Å². The molecule has 0 aromatic carbocycles. The van der Waals surface area contributed by atoms with E-state index in [9.17, 15) is 4.39 Å². The number of pyridine rings is 1. The molecule has 0 spiro atoms.